The minimum absolute atomic E-state index is 0.147. The number of rotatable bonds is 8. The van der Waals surface area contributed by atoms with Crippen molar-refractivity contribution in [3.63, 3.8) is 0 Å². The fourth-order valence-electron chi connectivity index (χ4n) is 5.19. The molecule has 2 fully saturated rings. The number of nitrogens with zero attached hydrogens (tertiary/aromatic N) is 2. The molecule has 0 saturated carbocycles. The average molecular weight is 469 g/mol. The van der Waals surface area contributed by atoms with Crippen molar-refractivity contribution in [3.8, 4) is 0 Å². The maximum Gasteiger partial charge on any atom is 0.227 e. The summed E-state index contributed by atoms with van der Waals surface area (Å²) in [5.41, 5.74) is 2.53. The molecule has 1 amide bonds. The van der Waals surface area contributed by atoms with Crippen LogP contribution in [-0.4, -0.2) is 55.5 Å². The van der Waals surface area contributed by atoms with Crippen molar-refractivity contribution in [2.75, 3.05) is 31.9 Å². The summed E-state index contributed by atoms with van der Waals surface area (Å²) in [6.45, 7) is 2.46. The van der Waals surface area contributed by atoms with Crippen LogP contribution < -0.4 is 0 Å². The Morgan fingerprint density at radius 3 is 2.15 bits per heavy atom. The normalized spacial score (nSPS) is 20.6. The van der Waals surface area contributed by atoms with Crippen LogP contribution in [0.2, 0.25) is 0 Å². The lowest BCUT2D eigenvalue weighted by molar-refractivity contribution is -0.138. The van der Waals surface area contributed by atoms with E-state index in [-0.39, 0.29) is 17.6 Å². The molecule has 0 aliphatic carbocycles. The number of benzene rings is 2. The molecule has 0 aromatic heterocycles. The molecule has 0 spiro atoms. The van der Waals surface area contributed by atoms with Crippen LogP contribution in [0.1, 0.15) is 43.2 Å². The molecule has 2 saturated heterocycles. The highest BCUT2D eigenvalue weighted by atomic mass is 32.2. The smallest absolute Gasteiger partial charge is 0.227 e. The van der Waals surface area contributed by atoms with Gasteiger partial charge in [-0.3, -0.25) is 4.79 Å². The Kier molecular flexibility index (Phi) is 8.20. The van der Waals surface area contributed by atoms with Gasteiger partial charge in [0.25, 0.3) is 0 Å². The summed E-state index contributed by atoms with van der Waals surface area (Å²) in [6, 6.07) is 20.6. The van der Waals surface area contributed by atoms with E-state index >= 15 is 0 Å². The molecule has 1 atom stereocenters. The second kappa shape index (κ2) is 11.3. The second-order valence-corrected chi connectivity index (χ2v) is 11.6. The Hall–Kier alpha value is -2.18. The molecule has 178 valence electrons. The number of hydrogen-bond acceptors (Lipinski definition) is 3. The van der Waals surface area contributed by atoms with Crippen molar-refractivity contribution in [2.45, 2.75) is 44.9 Å². The summed E-state index contributed by atoms with van der Waals surface area (Å²) in [6.07, 6.45) is 6.03. The molecule has 2 aliphatic heterocycles. The predicted octanol–water partition coefficient (Wildman–Crippen LogP) is 4.14. The van der Waals surface area contributed by atoms with Crippen molar-refractivity contribution in [3.05, 3.63) is 71.8 Å². The van der Waals surface area contributed by atoms with Crippen LogP contribution in [0.15, 0.2) is 60.7 Å². The number of carbonyl (C=O) groups is 1. The van der Waals surface area contributed by atoms with E-state index in [9.17, 15) is 13.2 Å². The minimum atomic E-state index is -3.33. The summed E-state index contributed by atoms with van der Waals surface area (Å²) < 4.78 is 27.5. The maximum absolute atomic E-state index is 13.2. The average Bonchev–Trinajstić information content (AvgIpc) is 2.85. The summed E-state index contributed by atoms with van der Waals surface area (Å²) in [7, 11) is -3.33. The Bertz CT molecular complexity index is 987. The molecule has 2 aromatic carbocycles. The van der Waals surface area contributed by atoms with E-state index in [1.807, 2.05) is 41.3 Å². The molecule has 4 rings (SSSR count). The van der Waals surface area contributed by atoms with Gasteiger partial charge in [-0.15, -0.1) is 0 Å². The van der Waals surface area contributed by atoms with Gasteiger partial charge in [0.15, 0.2) is 0 Å². The molecule has 2 aromatic rings. The van der Waals surface area contributed by atoms with Gasteiger partial charge in [0.2, 0.25) is 15.9 Å². The third-order valence-electron chi connectivity index (χ3n) is 7.13. The Balaban J connectivity index is 1.25. The molecule has 0 N–H and O–H groups in total. The van der Waals surface area contributed by atoms with Crippen LogP contribution in [-0.2, 0) is 27.7 Å². The lowest BCUT2D eigenvalue weighted by Gasteiger charge is -2.37. The summed E-state index contributed by atoms with van der Waals surface area (Å²) in [5.74, 6) is 0.711. The SMILES string of the molecule is O=C(C1CCCN(S(=O)(=O)CCCc2ccccc2)C1)N1CCC(Cc2ccccc2)CC1. The van der Waals surface area contributed by atoms with Crippen LogP contribution in [0.25, 0.3) is 0 Å². The zero-order chi connectivity index (χ0) is 23.1. The molecule has 0 radical (unpaired) electrons. The van der Waals surface area contributed by atoms with Gasteiger partial charge in [-0.25, -0.2) is 12.7 Å². The first-order chi connectivity index (χ1) is 16.0. The zero-order valence-electron chi connectivity index (χ0n) is 19.4. The molecule has 5 nitrogen and oxygen atoms in total. The predicted molar refractivity (Wildman–Crippen MR) is 132 cm³/mol. The first-order valence-corrected chi connectivity index (χ1v) is 14.0. The Morgan fingerprint density at radius 2 is 1.48 bits per heavy atom. The minimum Gasteiger partial charge on any atom is -0.342 e. The van der Waals surface area contributed by atoms with Crippen molar-refractivity contribution in [1.29, 1.82) is 0 Å². The fraction of sp³-hybridized carbons (Fsp3) is 0.519. The highest BCUT2D eigenvalue weighted by molar-refractivity contribution is 7.89. The van der Waals surface area contributed by atoms with Crippen molar-refractivity contribution in [1.82, 2.24) is 9.21 Å². The quantitative estimate of drug-likeness (QED) is 0.585. The number of likely N-dealkylation sites (tertiary alicyclic amines) is 1. The largest absolute Gasteiger partial charge is 0.342 e. The molecule has 2 aliphatic rings. The maximum atomic E-state index is 13.2. The van der Waals surface area contributed by atoms with Gasteiger partial charge in [0, 0.05) is 26.2 Å². The molecular weight excluding hydrogens is 432 g/mol. The van der Waals surface area contributed by atoms with Gasteiger partial charge in [0.1, 0.15) is 0 Å². The van der Waals surface area contributed by atoms with E-state index in [2.05, 4.69) is 24.3 Å². The van der Waals surface area contributed by atoms with E-state index in [4.69, 9.17) is 0 Å². The molecular formula is C27H36N2O3S. The number of amides is 1. The van der Waals surface area contributed by atoms with E-state index < -0.39 is 10.0 Å². The molecule has 2 heterocycles. The second-order valence-electron chi connectivity index (χ2n) is 9.56. The van der Waals surface area contributed by atoms with E-state index in [0.717, 1.165) is 57.2 Å². The van der Waals surface area contributed by atoms with Crippen LogP contribution in [0.3, 0.4) is 0 Å². The van der Waals surface area contributed by atoms with Gasteiger partial charge in [0.05, 0.1) is 11.7 Å². The van der Waals surface area contributed by atoms with Crippen molar-refractivity contribution in [2.24, 2.45) is 11.8 Å². The van der Waals surface area contributed by atoms with Crippen molar-refractivity contribution >= 4 is 15.9 Å². The van der Waals surface area contributed by atoms with Gasteiger partial charge in [-0.2, -0.15) is 0 Å². The number of piperidine rings is 2. The molecule has 6 heteroatoms. The van der Waals surface area contributed by atoms with Crippen molar-refractivity contribution < 1.29 is 13.2 Å². The Labute approximate surface area is 198 Å². The fourth-order valence-corrected chi connectivity index (χ4v) is 6.77. The summed E-state index contributed by atoms with van der Waals surface area (Å²) in [4.78, 5) is 15.2. The topological polar surface area (TPSA) is 57.7 Å². The van der Waals surface area contributed by atoms with Gasteiger partial charge in [-0.05, 0) is 62.0 Å². The van der Waals surface area contributed by atoms with Crippen LogP contribution in [0.4, 0.5) is 0 Å². The monoisotopic (exact) mass is 468 g/mol. The van der Waals surface area contributed by atoms with Crippen LogP contribution >= 0.6 is 0 Å². The highest BCUT2D eigenvalue weighted by Gasteiger charge is 2.35. The zero-order valence-corrected chi connectivity index (χ0v) is 20.3. The van der Waals surface area contributed by atoms with E-state index in [0.29, 0.717) is 25.4 Å². The molecule has 1 unspecified atom stereocenters. The number of hydrogen-bond donors (Lipinski definition) is 0. The Morgan fingerprint density at radius 1 is 0.848 bits per heavy atom. The van der Waals surface area contributed by atoms with Crippen LogP contribution in [0.5, 0.6) is 0 Å². The van der Waals surface area contributed by atoms with Gasteiger partial charge < -0.3 is 4.90 Å². The van der Waals surface area contributed by atoms with Gasteiger partial charge >= 0.3 is 0 Å². The number of carbonyl (C=O) groups excluding carboxylic acids is 1. The molecule has 33 heavy (non-hydrogen) atoms. The number of sulfonamides is 1. The van der Waals surface area contributed by atoms with Gasteiger partial charge in [-0.1, -0.05) is 60.7 Å². The van der Waals surface area contributed by atoms with E-state index in [1.165, 1.54) is 5.56 Å². The third-order valence-corrected chi connectivity index (χ3v) is 9.05. The lowest BCUT2D eigenvalue weighted by atomic mass is 9.89. The first kappa shape index (κ1) is 24.0. The van der Waals surface area contributed by atoms with Crippen LogP contribution in [0, 0.1) is 11.8 Å². The third kappa shape index (κ3) is 6.67. The van der Waals surface area contributed by atoms with E-state index in [1.54, 1.807) is 4.31 Å². The first-order valence-electron chi connectivity index (χ1n) is 12.4. The summed E-state index contributed by atoms with van der Waals surface area (Å²) in [5, 5.41) is 0. The molecule has 0 bridgehead atoms. The highest BCUT2D eigenvalue weighted by Crippen LogP contribution is 2.26. The standard InChI is InChI=1S/C27H36N2O3S/c30-27(28-18-15-25(16-19-28)21-24-11-5-2-6-12-24)26-14-7-17-29(22-26)33(31,32)20-8-13-23-9-3-1-4-10-23/h1-6,9-12,25-26H,7-8,13-22H2. The lowest BCUT2D eigenvalue weighted by Crippen LogP contribution is -2.49. The summed E-state index contributed by atoms with van der Waals surface area (Å²) >= 11 is 0. The number of aryl methyl sites for hydroxylation is 1.